The highest BCUT2D eigenvalue weighted by molar-refractivity contribution is 7.91. The van der Waals surface area contributed by atoms with Crippen LogP contribution in [0, 0.1) is 0 Å². The standard InChI is InChI=1S/C14H8F4O3S/c15-13(19)9-6-7-12(11(8-9)14(16,17)18)22(20,21)10-4-2-1-3-5-10/h1-8H. The van der Waals surface area contributed by atoms with E-state index in [1.165, 1.54) is 18.2 Å². The molecule has 0 fully saturated rings. The van der Waals surface area contributed by atoms with Crippen LogP contribution in [0.1, 0.15) is 15.9 Å². The Kier molecular flexibility index (Phi) is 4.06. The van der Waals surface area contributed by atoms with Gasteiger partial charge in [-0.1, -0.05) is 18.2 Å². The molecule has 2 rings (SSSR count). The zero-order valence-corrected chi connectivity index (χ0v) is 11.6. The van der Waals surface area contributed by atoms with Crippen molar-refractivity contribution in [2.45, 2.75) is 16.0 Å². The van der Waals surface area contributed by atoms with Crippen LogP contribution in [-0.4, -0.2) is 14.5 Å². The summed E-state index contributed by atoms with van der Waals surface area (Å²) in [6.45, 7) is 0. The Morgan fingerprint density at radius 3 is 2.05 bits per heavy atom. The van der Waals surface area contributed by atoms with Gasteiger partial charge in [-0.25, -0.2) is 8.42 Å². The Morgan fingerprint density at radius 1 is 0.955 bits per heavy atom. The maximum atomic E-state index is 13.0. The minimum Gasteiger partial charge on any atom is -0.255 e. The second kappa shape index (κ2) is 5.53. The molecule has 0 aliphatic rings. The van der Waals surface area contributed by atoms with E-state index in [9.17, 15) is 30.8 Å². The molecule has 0 radical (unpaired) electrons. The fourth-order valence-electron chi connectivity index (χ4n) is 1.83. The van der Waals surface area contributed by atoms with Gasteiger partial charge in [0.25, 0.3) is 0 Å². The Morgan fingerprint density at radius 2 is 1.55 bits per heavy atom. The molecule has 0 amide bonds. The van der Waals surface area contributed by atoms with Crippen LogP contribution < -0.4 is 0 Å². The van der Waals surface area contributed by atoms with Gasteiger partial charge in [0.05, 0.1) is 20.9 Å². The Hall–Kier alpha value is -2.22. The minimum absolute atomic E-state index is 0.193. The van der Waals surface area contributed by atoms with Gasteiger partial charge >= 0.3 is 12.2 Å². The maximum absolute atomic E-state index is 13.0. The normalized spacial score (nSPS) is 12.2. The molecule has 0 unspecified atom stereocenters. The van der Waals surface area contributed by atoms with Gasteiger partial charge in [0.15, 0.2) is 0 Å². The van der Waals surface area contributed by atoms with Gasteiger partial charge in [-0.3, -0.25) is 4.79 Å². The Balaban J connectivity index is 2.73. The van der Waals surface area contributed by atoms with E-state index in [0.717, 1.165) is 12.1 Å². The summed E-state index contributed by atoms with van der Waals surface area (Å²) < 4.78 is 76.3. The van der Waals surface area contributed by atoms with Crippen molar-refractivity contribution in [1.29, 1.82) is 0 Å². The fraction of sp³-hybridized carbons (Fsp3) is 0.0714. The van der Waals surface area contributed by atoms with Crippen LogP contribution in [0.2, 0.25) is 0 Å². The Labute approximate surface area is 123 Å². The van der Waals surface area contributed by atoms with Crippen molar-refractivity contribution >= 4 is 15.9 Å². The number of carbonyl (C=O) groups excluding carboxylic acids is 1. The van der Waals surface area contributed by atoms with Gasteiger partial charge in [-0.15, -0.1) is 0 Å². The van der Waals surface area contributed by atoms with Gasteiger partial charge in [0.2, 0.25) is 9.84 Å². The highest BCUT2D eigenvalue weighted by Crippen LogP contribution is 2.37. The smallest absolute Gasteiger partial charge is 0.255 e. The van der Waals surface area contributed by atoms with E-state index in [1.54, 1.807) is 0 Å². The molecule has 0 bridgehead atoms. The molecule has 0 N–H and O–H groups in total. The summed E-state index contributed by atoms with van der Waals surface area (Å²) in [7, 11) is -4.45. The molecule has 8 heteroatoms. The van der Waals surface area contributed by atoms with Crippen molar-refractivity contribution in [3.63, 3.8) is 0 Å². The van der Waals surface area contributed by atoms with E-state index >= 15 is 0 Å². The minimum atomic E-state index is -5.05. The molecular formula is C14H8F4O3S. The molecule has 22 heavy (non-hydrogen) atoms. The summed E-state index contributed by atoms with van der Waals surface area (Å²) in [4.78, 5) is 9.21. The first-order valence-electron chi connectivity index (χ1n) is 5.85. The Bertz CT molecular complexity index is 812. The third-order valence-electron chi connectivity index (χ3n) is 2.85. The maximum Gasteiger partial charge on any atom is 0.417 e. The number of alkyl halides is 3. The van der Waals surface area contributed by atoms with Crippen LogP contribution in [-0.2, 0) is 16.0 Å². The van der Waals surface area contributed by atoms with Crippen LogP contribution >= 0.6 is 0 Å². The van der Waals surface area contributed by atoms with E-state index in [-0.39, 0.29) is 11.0 Å². The van der Waals surface area contributed by atoms with Gasteiger partial charge in [-0.2, -0.15) is 17.6 Å². The van der Waals surface area contributed by atoms with Gasteiger partial charge < -0.3 is 0 Å². The van der Waals surface area contributed by atoms with Crippen molar-refractivity contribution in [2.24, 2.45) is 0 Å². The average Bonchev–Trinajstić information content (AvgIpc) is 2.46. The average molecular weight is 332 g/mol. The van der Waals surface area contributed by atoms with Crippen LogP contribution in [0.5, 0.6) is 0 Å². The predicted molar refractivity (Wildman–Crippen MR) is 68.8 cm³/mol. The lowest BCUT2D eigenvalue weighted by molar-refractivity contribution is -0.139. The molecule has 0 aromatic heterocycles. The highest BCUT2D eigenvalue weighted by Gasteiger charge is 2.38. The summed E-state index contributed by atoms with van der Waals surface area (Å²) in [5.41, 5.74) is -2.45. The van der Waals surface area contributed by atoms with Crippen molar-refractivity contribution < 1.29 is 30.8 Å². The topological polar surface area (TPSA) is 51.2 Å². The van der Waals surface area contributed by atoms with E-state index in [0.29, 0.717) is 12.1 Å². The first-order chi connectivity index (χ1) is 10.1. The lowest BCUT2D eigenvalue weighted by Crippen LogP contribution is -2.14. The third-order valence-corrected chi connectivity index (χ3v) is 4.68. The molecule has 0 saturated carbocycles. The molecule has 0 atom stereocenters. The van der Waals surface area contributed by atoms with Crippen molar-refractivity contribution in [3.05, 3.63) is 59.7 Å². The zero-order valence-electron chi connectivity index (χ0n) is 10.8. The van der Waals surface area contributed by atoms with Gasteiger partial charge in [0, 0.05) is 0 Å². The van der Waals surface area contributed by atoms with E-state index < -0.39 is 38.1 Å². The van der Waals surface area contributed by atoms with Gasteiger partial charge in [-0.05, 0) is 30.3 Å². The summed E-state index contributed by atoms with van der Waals surface area (Å²) in [6, 6.07) is 5.92. The predicted octanol–water partition coefficient (Wildman–Crippen LogP) is 3.65. The van der Waals surface area contributed by atoms with Crippen molar-refractivity contribution in [2.75, 3.05) is 0 Å². The number of carbonyl (C=O) groups is 1. The van der Waals surface area contributed by atoms with Crippen molar-refractivity contribution in [3.8, 4) is 0 Å². The lowest BCUT2D eigenvalue weighted by Gasteiger charge is -2.14. The highest BCUT2D eigenvalue weighted by atomic mass is 32.2. The molecule has 2 aromatic rings. The molecule has 0 heterocycles. The SMILES string of the molecule is O=C(F)c1ccc(S(=O)(=O)c2ccccc2)c(C(F)(F)F)c1. The number of hydrogen-bond donors (Lipinski definition) is 0. The molecule has 0 aliphatic heterocycles. The molecule has 0 saturated heterocycles. The molecule has 116 valence electrons. The number of sulfone groups is 1. The van der Waals surface area contributed by atoms with Crippen molar-refractivity contribution in [1.82, 2.24) is 0 Å². The van der Waals surface area contributed by atoms with E-state index in [4.69, 9.17) is 0 Å². The number of benzene rings is 2. The molecule has 3 nitrogen and oxygen atoms in total. The quantitative estimate of drug-likeness (QED) is 0.637. The summed E-state index contributed by atoms with van der Waals surface area (Å²) >= 11 is 0. The molecule has 0 aliphatic carbocycles. The zero-order chi connectivity index (χ0) is 16.5. The number of halogens is 4. The van der Waals surface area contributed by atoms with Gasteiger partial charge in [0.1, 0.15) is 0 Å². The first-order valence-corrected chi connectivity index (χ1v) is 7.33. The van der Waals surface area contributed by atoms with E-state index in [1.807, 2.05) is 0 Å². The molecule has 2 aromatic carbocycles. The summed E-state index contributed by atoms with van der Waals surface area (Å²) in [6.07, 6.45) is -5.05. The molecule has 0 spiro atoms. The van der Waals surface area contributed by atoms with Crippen LogP contribution in [0.25, 0.3) is 0 Å². The monoisotopic (exact) mass is 332 g/mol. The third kappa shape index (κ3) is 3.01. The van der Waals surface area contributed by atoms with Crippen LogP contribution in [0.15, 0.2) is 58.3 Å². The number of hydrogen-bond acceptors (Lipinski definition) is 3. The van der Waals surface area contributed by atoms with Crippen LogP contribution in [0.4, 0.5) is 17.6 Å². The lowest BCUT2D eigenvalue weighted by atomic mass is 10.1. The first kappa shape index (κ1) is 16.2. The fourth-order valence-corrected chi connectivity index (χ4v) is 3.32. The summed E-state index contributed by atoms with van der Waals surface area (Å²) in [5, 5.41) is 0. The second-order valence-electron chi connectivity index (χ2n) is 4.30. The van der Waals surface area contributed by atoms with Crippen LogP contribution in [0.3, 0.4) is 0 Å². The number of rotatable bonds is 3. The molecular weight excluding hydrogens is 324 g/mol. The van der Waals surface area contributed by atoms with E-state index in [2.05, 4.69) is 0 Å². The largest absolute Gasteiger partial charge is 0.417 e. The summed E-state index contributed by atoms with van der Waals surface area (Å²) in [5.74, 6) is 0. The second-order valence-corrected chi connectivity index (χ2v) is 6.22.